The van der Waals surface area contributed by atoms with Crippen LogP contribution >= 0.6 is 23.1 Å². The van der Waals surface area contributed by atoms with Gasteiger partial charge in [-0.05, 0) is 19.5 Å². The molecule has 1 aromatic heterocycles. The van der Waals surface area contributed by atoms with Gasteiger partial charge in [-0.2, -0.15) is 0 Å². The van der Waals surface area contributed by atoms with Gasteiger partial charge in [-0.3, -0.25) is 4.79 Å². The summed E-state index contributed by atoms with van der Waals surface area (Å²) in [6.07, 6.45) is 1.57. The maximum atomic E-state index is 12.1. The molecule has 6 nitrogen and oxygen atoms in total. The van der Waals surface area contributed by atoms with E-state index >= 15 is 0 Å². The van der Waals surface area contributed by atoms with Gasteiger partial charge in [-0.15, -0.1) is 11.3 Å². The number of likely N-dealkylation sites (N-methyl/N-ethyl adjacent to an activating group) is 1. The molecule has 0 aromatic carbocycles. The Bertz CT molecular complexity index is 546. The molecule has 1 atom stereocenters. The topological polar surface area (TPSA) is 73.7 Å². The highest BCUT2D eigenvalue weighted by molar-refractivity contribution is 8.01. The molecule has 0 saturated carbocycles. The lowest BCUT2D eigenvalue weighted by Crippen LogP contribution is -2.42. The van der Waals surface area contributed by atoms with Crippen LogP contribution in [0.2, 0.25) is 0 Å². The molecule has 2 heterocycles. The molecule has 2 rings (SSSR count). The standard InChI is InChI=1S/C15H23N3O3S2/c1-3-17(4-2)9-11-5-6-13(19)18(11)7-8-22-15-16-12(10-23-15)14(20)21/h10-11H,3-9H2,1-2H3,(H,20,21)/t11-/m1/s1. The summed E-state index contributed by atoms with van der Waals surface area (Å²) in [5.74, 6) is -0.0252. The molecule has 1 aromatic rings. The van der Waals surface area contributed by atoms with Crippen molar-refractivity contribution in [1.82, 2.24) is 14.8 Å². The van der Waals surface area contributed by atoms with Gasteiger partial charge in [0, 0.05) is 36.7 Å². The summed E-state index contributed by atoms with van der Waals surface area (Å²) in [6.45, 7) is 7.91. The Labute approximate surface area is 144 Å². The van der Waals surface area contributed by atoms with Gasteiger partial charge in [0.25, 0.3) is 0 Å². The van der Waals surface area contributed by atoms with Gasteiger partial charge >= 0.3 is 5.97 Å². The van der Waals surface area contributed by atoms with Crippen LogP contribution in [0.3, 0.4) is 0 Å². The number of thioether (sulfide) groups is 1. The predicted molar refractivity (Wildman–Crippen MR) is 92.3 cm³/mol. The Kier molecular flexibility index (Phi) is 6.86. The molecule has 1 amide bonds. The van der Waals surface area contributed by atoms with Crippen LogP contribution < -0.4 is 0 Å². The van der Waals surface area contributed by atoms with Crippen LogP contribution in [-0.2, 0) is 4.79 Å². The third kappa shape index (κ3) is 4.92. The first kappa shape index (κ1) is 18.2. The van der Waals surface area contributed by atoms with Crippen molar-refractivity contribution in [2.24, 2.45) is 0 Å². The number of carboxylic acid groups (broad SMARTS) is 1. The monoisotopic (exact) mass is 357 g/mol. The molecule has 0 bridgehead atoms. The lowest BCUT2D eigenvalue weighted by molar-refractivity contribution is -0.128. The number of amides is 1. The van der Waals surface area contributed by atoms with Gasteiger partial charge in [0.05, 0.1) is 0 Å². The number of carbonyl (C=O) groups is 2. The highest BCUT2D eigenvalue weighted by Crippen LogP contribution is 2.25. The van der Waals surface area contributed by atoms with E-state index in [9.17, 15) is 9.59 Å². The van der Waals surface area contributed by atoms with Crippen molar-refractivity contribution in [3.63, 3.8) is 0 Å². The van der Waals surface area contributed by atoms with Crippen molar-refractivity contribution in [1.29, 1.82) is 0 Å². The van der Waals surface area contributed by atoms with Crippen LogP contribution in [0.1, 0.15) is 37.2 Å². The molecule has 0 unspecified atom stereocenters. The Balaban J connectivity index is 1.84. The fourth-order valence-corrected chi connectivity index (χ4v) is 4.53. The number of aromatic carboxylic acids is 1. The van der Waals surface area contributed by atoms with Crippen molar-refractivity contribution < 1.29 is 14.7 Å². The summed E-state index contributed by atoms with van der Waals surface area (Å²) < 4.78 is 0.745. The molecule has 1 aliphatic heterocycles. The zero-order valence-electron chi connectivity index (χ0n) is 13.5. The van der Waals surface area contributed by atoms with E-state index in [0.717, 1.165) is 36.1 Å². The number of hydrogen-bond donors (Lipinski definition) is 1. The third-order valence-electron chi connectivity index (χ3n) is 4.08. The number of thiazole rings is 1. The maximum absolute atomic E-state index is 12.1. The third-order valence-corrected chi connectivity index (χ3v) is 6.08. The second-order valence-corrected chi connectivity index (χ2v) is 7.62. The highest BCUT2D eigenvalue weighted by Gasteiger charge is 2.31. The Morgan fingerprint density at radius 3 is 2.87 bits per heavy atom. The van der Waals surface area contributed by atoms with Gasteiger partial charge in [0.1, 0.15) is 0 Å². The number of hydrogen-bond acceptors (Lipinski definition) is 6. The quantitative estimate of drug-likeness (QED) is 0.684. The first-order valence-electron chi connectivity index (χ1n) is 7.88. The average molecular weight is 358 g/mol. The van der Waals surface area contributed by atoms with Gasteiger partial charge in [0.2, 0.25) is 5.91 Å². The summed E-state index contributed by atoms with van der Waals surface area (Å²) in [5.41, 5.74) is 0.0918. The largest absolute Gasteiger partial charge is 0.476 e. The molecule has 1 saturated heterocycles. The average Bonchev–Trinajstić information content (AvgIpc) is 3.13. The van der Waals surface area contributed by atoms with Crippen LogP contribution in [0, 0.1) is 0 Å². The van der Waals surface area contributed by atoms with Crippen molar-refractivity contribution in [3.05, 3.63) is 11.1 Å². The van der Waals surface area contributed by atoms with Gasteiger partial charge in [-0.25, -0.2) is 9.78 Å². The van der Waals surface area contributed by atoms with Crippen molar-refractivity contribution in [3.8, 4) is 0 Å². The lowest BCUT2D eigenvalue weighted by atomic mass is 10.2. The van der Waals surface area contributed by atoms with Crippen LogP contribution in [-0.4, -0.2) is 69.7 Å². The molecular formula is C15H23N3O3S2. The van der Waals surface area contributed by atoms with Gasteiger partial charge in [-0.1, -0.05) is 25.6 Å². The lowest BCUT2D eigenvalue weighted by Gasteiger charge is -2.29. The fourth-order valence-electron chi connectivity index (χ4n) is 2.72. The van der Waals surface area contributed by atoms with Gasteiger partial charge < -0.3 is 14.9 Å². The zero-order chi connectivity index (χ0) is 16.8. The van der Waals surface area contributed by atoms with Crippen LogP contribution in [0.4, 0.5) is 0 Å². The molecule has 1 fully saturated rings. The zero-order valence-corrected chi connectivity index (χ0v) is 15.2. The Hall–Kier alpha value is -1.12. The molecule has 23 heavy (non-hydrogen) atoms. The first-order valence-corrected chi connectivity index (χ1v) is 9.75. The van der Waals surface area contributed by atoms with Crippen LogP contribution in [0.15, 0.2) is 9.72 Å². The van der Waals surface area contributed by atoms with Crippen molar-refractivity contribution in [2.75, 3.05) is 31.9 Å². The summed E-state index contributed by atoms with van der Waals surface area (Å²) in [5, 5.41) is 10.4. The number of carbonyl (C=O) groups excluding carboxylic acids is 1. The number of aromatic nitrogens is 1. The number of nitrogens with zero attached hydrogens (tertiary/aromatic N) is 3. The number of likely N-dealkylation sites (tertiary alicyclic amines) is 1. The Morgan fingerprint density at radius 2 is 2.26 bits per heavy atom. The highest BCUT2D eigenvalue weighted by atomic mass is 32.2. The molecule has 128 valence electrons. The van der Waals surface area contributed by atoms with E-state index in [4.69, 9.17) is 5.11 Å². The molecule has 8 heteroatoms. The van der Waals surface area contributed by atoms with E-state index in [0.29, 0.717) is 19.0 Å². The van der Waals surface area contributed by atoms with Gasteiger partial charge in [0.15, 0.2) is 10.0 Å². The molecular weight excluding hydrogens is 334 g/mol. The molecule has 0 aliphatic carbocycles. The molecule has 1 N–H and O–H groups in total. The SMILES string of the molecule is CCN(CC)C[C@H]1CCC(=O)N1CCSc1nc(C(=O)O)cs1. The first-order chi connectivity index (χ1) is 11.0. The summed E-state index contributed by atoms with van der Waals surface area (Å²) in [4.78, 5) is 31.3. The minimum Gasteiger partial charge on any atom is -0.476 e. The minimum atomic E-state index is -0.998. The fraction of sp³-hybridized carbons (Fsp3) is 0.667. The summed E-state index contributed by atoms with van der Waals surface area (Å²) in [6, 6.07) is 0.300. The normalized spacial score (nSPS) is 18.1. The predicted octanol–water partition coefficient (Wildman–Crippen LogP) is 2.27. The van der Waals surface area contributed by atoms with Crippen molar-refractivity contribution >= 4 is 35.0 Å². The van der Waals surface area contributed by atoms with Crippen LogP contribution in [0.25, 0.3) is 0 Å². The molecule has 1 aliphatic rings. The van der Waals surface area contributed by atoms with E-state index in [-0.39, 0.29) is 11.6 Å². The van der Waals surface area contributed by atoms with Crippen molar-refractivity contribution in [2.45, 2.75) is 37.1 Å². The summed E-state index contributed by atoms with van der Waals surface area (Å²) >= 11 is 2.86. The minimum absolute atomic E-state index is 0.0918. The molecule has 0 radical (unpaired) electrons. The summed E-state index contributed by atoms with van der Waals surface area (Å²) in [7, 11) is 0. The Morgan fingerprint density at radius 1 is 1.52 bits per heavy atom. The van der Waals surface area contributed by atoms with E-state index in [1.807, 2.05) is 4.90 Å². The molecule has 0 spiro atoms. The van der Waals surface area contributed by atoms with E-state index in [2.05, 4.69) is 23.7 Å². The number of carboxylic acids is 1. The van der Waals surface area contributed by atoms with E-state index in [1.54, 1.807) is 5.38 Å². The maximum Gasteiger partial charge on any atom is 0.355 e. The second-order valence-electron chi connectivity index (χ2n) is 5.42. The number of rotatable bonds is 9. The van der Waals surface area contributed by atoms with Crippen LogP contribution in [0.5, 0.6) is 0 Å². The van der Waals surface area contributed by atoms with E-state index in [1.165, 1.54) is 23.1 Å². The second kappa shape index (κ2) is 8.65. The smallest absolute Gasteiger partial charge is 0.355 e. The van der Waals surface area contributed by atoms with E-state index < -0.39 is 5.97 Å².